The van der Waals surface area contributed by atoms with Crippen LogP contribution in [-0.2, 0) is 12.8 Å². The number of anilines is 1. The van der Waals surface area contributed by atoms with Gasteiger partial charge in [-0.15, -0.1) is 0 Å². The normalized spacial score (nSPS) is 14.3. The van der Waals surface area contributed by atoms with Crippen molar-refractivity contribution in [2.24, 2.45) is 0 Å². The first-order valence-corrected chi connectivity index (χ1v) is 6.61. The third-order valence-corrected chi connectivity index (χ3v) is 3.34. The average molecular weight is 216 g/mol. The fourth-order valence-corrected chi connectivity index (χ4v) is 2.40. The average Bonchev–Trinajstić information content (AvgIpc) is 2.35. The molecule has 1 nitrogen and oxygen atoms in total. The van der Waals surface area contributed by atoms with Gasteiger partial charge < -0.3 is 5.32 Å². The highest BCUT2D eigenvalue weighted by atomic mass is 14.9. The maximum atomic E-state index is 3.45. The number of fused-ring (bicyclic) bond motifs is 1. The van der Waals surface area contributed by atoms with Gasteiger partial charge in [-0.3, -0.25) is 0 Å². The van der Waals surface area contributed by atoms with Crippen LogP contribution in [0, 0.1) is 6.54 Å². The Bertz CT molecular complexity index is 330. The Balaban J connectivity index is 1.97. The quantitative estimate of drug-likeness (QED) is 0.722. The summed E-state index contributed by atoms with van der Waals surface area (Å²) in [6, 6.07) is 6.74. The molecule has 1 radical (unpaired) electrons. The van der Waals surface area contributed by atoms with Crippen LogP contribution in [0.3, 0.4) is 0 Å². The summed E-state index contributed by atoms with van der Waals surface area (Å²) in [6.45, 7) is 4.46. The zero-order valence-corrected chi connectivity index (χ0v) is 10.3. The summed E-state index contributed by atoms with van der Waals surface area (Å²) >= 11 is 0. The van der Waals surface area contributed by atoms with Crippen molar-refractivity contribution < 1.29 is 0 Å². The van der Waals surface area contributed by atoms with Gasteiger partial charge in [-0.1, -0.05) is 44.4 Å². The van der Waals surface area contributed by atoms with Crippen LogP contribution in [0.1, 0.15) is 50.2 Å². The van der Waals surface area contributed by atoms with E-state index in [2.05, 4.69) is 37.0 Å². The predicted octanol–water partition coefficient (Wildman–Crippen LogP) is 4.33. The Morgan fingerprint density at radius 1 is 1.19 bits per heavy atom. The lowest BCUT2D eigenvalue weighted by atomic mass is 9.96. The lowest BCUT2D eigenvalue weighted by Crippen LogP contribution is -2.09. The van der Waals surface area contributed by atoms with Crippen molar-refractivity contribution in [3.05, 3.63) is 35.9 Å². The van der Waals surface area contributed by atoms with E-state index >= 15 is 0 Å². The molecule has 2 rings (SSSR count). The number of hydrogen-bond donors (Lipinski definition) is 1. The van der Waals surface area contributed by atoms with Gasteiger partial charge in [0.1, 0.15) is 0 Å². The highest BCUT2D eigenvalue weighted by Crippen LogP contribution is 2.28. The van der Waals surface area contributed by atoms with E-state index in [4.69, 9.17) is 0 Å². The van der Waals surface area contributed by atoms with E-state index in [9.17, 15) is 0 Å². The maximum absolute atomic E-state index is 3.45. The molecule has 87 valence electrons. The molecule has 1 aromatic carbocycles. The van der Waals surface area contributed by atoms with Gasteiger partial charge in [-0.2, -0.15) is 0 Å². The topological polar surface area (TPSA) is 12.0 Å². The van der Waals surface area contributed by atoms with E-state index in [0.717, 1.165) is 6.42 Å². The molecule has 0 bridgehead atoms. The first-order chi connectivity index (χ1) is 7.92. The van der Waals surface area contributed by atoms with Crippen molar-refractivity contribution in [3.63, 3.8) is 0 Å². The Morgan fingerprint density at radius 2 is 2.12 bits per heavy atom. The van der Waals surface area contributed by atoms with Crippen molar-refractivity contribution in [3.8, 4) is 0 Å². The largest absolute Gasteiger partial charge is 0.380 e. The number of unbranched alkanes of at least 4 members (excludes halogenated alkanes) is 3. The standard InChI is InChI=1S/C15H22N/c1-2-3-4-5-8-13-9-6-10-14-11-7-12-16-15(13)14/h6,9-10,12,16H,2-5,7-8,11H2,1H3. The highest BCUT2D eigenvalue weighted by Gasteiger charge is 2.11. The third kappa shape index (κ3) is 2.78. The molecule has 1 N–H and O–H groups in total. The van der Waals surface area contributed by atoms with Crippen LogP contribution in [0.15, 0.2) is 18.2 Å². The first-order valence-electron chi connectivity index (χ1n) is 6.61. The maximum Gasteiger partial charge on any atom is 0.0466 e. The highest BCUT2D eigenvalue weighted by molar-refractivity contribution is 5.60. The molecule has 0 unspecified atom stereocenters. The van der Waals surface area contributed by atoms with Crippen LogP contribution in [-0.4, -0.2) is 0 Å². The van der Waals surface area contributed by atoms with Crippen LogP contribution in [0.2, 0.25) is 0 Å². The van der Waals surface area contributed by atoms with E-state index in [-0.39, 0.29) is 0 Å². The summed E-state index contributed by atoms with van der Waals surface area (Å²) in [5.41, 5.74) is 4.39. The zero-order valence-electron chi connectivity index (χ0n) is 10.3. The molecule has 16 heavy (non-hydrogen) atoms. The molecule has 0 amide bonds. The molecule has 1 aromatic rings. The van der Waals surface area contributed by atoms with Crippen molar-refractivity contribution >= 4 is 5.69 Å². The first kappa shape index (κ1) is 11.5. The van der Waals surface area contributed by atoms with Crippen LogP contribution in [0.5, 0.6) is 0 Å². The molecular weight excluding hydrogens is 194 g/mol. The molecule has 0 atom stereocenters. The number of benzene rings is 1. The molecular formula is C15H22N. The van der Waals surface area contributed by atoms with Gasteiger partial charge in [0.2, 0.25) is 0 Å². The van der Waals surface area contributed by atoms with Gasteiger partial charge in [-0.25, -0.2) is 0 Å². The summed E-state index contributed by atoms with van der Waals surface area (Å²) in [6.07, 6.45) is 8.96. The Morgan fingerprint density at radius 3 is 3.00 bits per heavy atom. The van der Waals surface area contributed by atoms with Crippen LogP contribution >= 0.6 is 0 Å². The second-order valence-electron chi connectivity index (χ2n) is 4.65. The minimum absolute atomic E-state index is 1.16. The zero-order chi connectivity index (χ0) is 11.2. The lowest BCUT2D eigenvalue weighted by molar-refractivity contribution is 0.666. The van der Waals surface area contributed by atoms with Crippen LogP contribution in [0.4, 0.5) is 5.69 Å². The minimum Gasteiger partial charge on any atom is -0.380 e. The number of rotatable bonds is 5. The van der Waals surface area contributed by atoms with E-state index in [1.165, 1.54) is 55.3 Å². The van der Waals surface area contributed by atoms with E-state index in [1.54, 1.807) is 0 Å². The summed E-state index contributed by atoms with van der Waals surface area (Å²) < 4.78 is 0. The van der Waals surface area contributed by atoms with Gasteiger partial charge in [0.05, 0.1) is 0 Å². The van der Waals surface area contributed by atoms with Gasteiger partial charge >= 0.3 is 0 Å². The van der Waals surface area contributed by atoms with Gasteiger partial charge in [0.15, 0.2) is 0 Å². The van der Waals surface area contributed by atoms with E-state index < -0.39 is 0 Å². The van der Waals surface area contributed by atoms with E-state index in [1.807, 2.05) is 0 Å². The van der Waals surface area contributed by atoms with Crippen molar-refractivity contribution in [2.45, 2.75) is 51.9 Å². The fourth-order valence-electron chi connectivity index (χ4n) is 2.40. The minimum atomic E-state index is 1.16. The fraction of sp³-hybridized carbons (Fsp3) is 0.533. The number of nitrogens with one attached hydrogen (secondary N) is 1. The summed E-state index contributed by atoms with van der Waals surface area (Å²) in [7, 11) is 0. The summed E-state index contributed by atoms with van der Waals surface area (Å²) in [4.78, 5) is 0. The number of para-hydroxylation sites is 1. The van der Waals surface area contributed by atoms with Gasteiger partial charge in [-0.05, 0) is 36.8 Å². The number of aryl methyl sites for hydroxylation is 2. The van der Waals surface area contributed by atoms with Crippen LogP contribution in [0.25, 0.3) is 0 Å². The molecule has 1 heterocycles. The monoisotopic (exact) mass is 216 g/mol. The van der Waals surface area contributed by atoms with Crippen molar-refractivity contribution in [2.75, 3.05) is 5.32 Å². The summed E-state index contributed by atoms with van der Waals surface area (Å²) in [5, 5.41) is 3.45. The second kappa shape index (κ2) is 5.93. The van der Waals surface area contributed by atoms with Crippen molar-refractivity contribution in [1.82, 2.24) is 0 Å². The van der Waals surface area contributed by atoms with Crippen molar-refractivity contribution in [1.29, 1.82) is 0 Å². The summed E-state index contributed by atoms with van der Waals surface area (Å²) in [5.74, 6) is 0. The SMILES string of the molecule is CCCCCCc1cccc2c1N[CH]CC2. The molecule has 0 saturated heterocycles. The smallest absolute Gasteiger partial charge is 0.0466 e. The Labute approximate surface area is 99.3 Å². The Hall–Kier alpha value is -0.980. The van der Waals surface area contributed by atoms with Gasteiger partial charge in [0.25, 0.3) is 0 Å². The molecule has 0 saturated carbocycles. The molecule has 1 aliphatic rings. The third-order valence-electron chi connectivity index (χ3n) is 3.34. The molecule has 0 aromatic heterocycles. The molecule has 0 spiro atoms. The predicted molar refractivity (Wildman–Crippen MR) is 70.5 cm³/mol. The van der Waals surface area contributed by atoms with E-state index in [0.29, 0.717) is 0 Å². The molecule has 1 heteroatoms. The van der Waals surface area contributed by atoms with Crippen LogP contribution < -0.4 is 5.32 Å². The van der Waals surface area contributed by atoms with Gasteiger partial charge in [0, 0.05) is 12.2 Å². The lowest BCUT2D eigenvalue weighted by Gasteiger charge is -2.20. The Kier molecular flexibility index (Phi) is 4.26. The second-order valence-corrected chi connectivity index (χ2v) is 4.65. The molecule has 1 aliphatic heterocycles. The molecule has 0 fully saturated rings. The molecule has 0 aliphatic carbocycles. The number of hydrogen-bond acceptors (Lipinski definition) is 1.